The summed E-state index contributed by atoms with van der Waals surface area (Å²) >= 11 is 0. The zero-order valence-corrected chi connectivity index (χ0v) is 15.9. The molecule has 0 saturated carbocycles. The van der Waals surface area contributed by atoms with Gasteiger partial charge in [-0.15, -0.1) is 0 Å². The minimum atomic E-state index is -2.15. The Morgan fingerprint density at radius 2 is 1.04 bits per heavy atom. The quantitative estimate of drug-likeness (QED) is 0.338. The van der Waals surface area contributed by atoms with Crippen molar-refractivity contribution in [2.24, 2.45) is 0 Å². The lowest BCUT2D eigenvalue weighted by Crippen LogP contribution is -2.66. The van der Waals surface area contributed by atoms with Crippen LogP contribution < -0.4 is 15.6 Å². The first kappa shape index (κ1) is 17.4. The first-order chi connectivity index (χ1) is 12.4. The maximum absolute atomic E-state index is 2.54. The molecular weight excluding hydrogens is 316 g/mol. The maximum atomic E-state index is 2.54. The second-order valence-corrected chi connectivity index (χ2v) is 10.1. The van der Waals surface area contributed by atoms with Crippen molar-refractivity contribution < 1.29 is 0 Å². The standard InChI is InChI=1S/C24H26Si/c1-2-3-4-14-21-25(22-15-8-5-9-16-22,23-17-10-6-11-18-23)24-19-12-7-13-20-24/h5-21H,2-4H2,1H3. The molecule has 25 heavy (non-hydrogen) atoms. The normalized spacial score (nSPS) is 11.7. The Kier molecular flexibility index (Phi) is 6.03. The second-order valence-electron chi connectivity index (χ2n) is 6.45. The molecule has 0 aliphatic heterocycles. The molecule has 0 nitrogen and oxygen atoms in total. The molecule has 0 saturated heterocycles. The molecular formula is C24H26Si. The summed E-state index contributed by atoms with van der Waals surface area (Å²) in [5, 5.41) is 4.33. The summed E-state index contributed by atoms with van der Waals surface area (Å²) in [6.45, 7) is 2.25. The van der Waals surface area contributed by atoms with Crippen LogP contribution in [0, 0.1) is 0 Å². The third kappa shape index (κ3) is 3.83. The predicted molar refractivity (Wildman–Crippen MR) is 113 cm³/mol. The molecule has 0 aliphatic rings. The maximum Gasteiger partial charge on any atom is 0.172 e. The summed E-state index contributed by atoms with van der Waals surface area (Å²) in [7, 11) is -2.15. The highest BCUT2D eigenvalue weighted by atomic mass is 28.3. The second kappa shape index (κ2) is 8.64. The molecule has 0 radical (unpaired) electrons. The van der Waals surface area contributed by atoms with E-state index in [1.54, 1.807) is 0 Å². The van der Waals surface area contributed by atoms with Crippen LogP contribution in [0.3, 0.4) is 0 Å². The SMILES string of the molecule is CCCCC=C[Si](c1ccccc1)(c1ccccc1)c1ccccc1. The molecule has 0 fully saturated rings. The van der Waals surface area contributed by atoms with Crippen LogP contribution in [0.4, 0.5) is 0 Å². The van der Waals surface area contributed by atoms with Crippen LogP contribution in [0.1, 0.15) is 26.2 Å². The fourth-order valence-corrected chi connectivity index (χ4v) is 7.73. The number of hydrogen-bond donors (Lipinski definition) is 0. The number of rotatable bonds is 7. The van der Waals surface area contributed by atoms with Crippen molar-refractivity contribution in [2.45, 2.75) is 26.2 Å². The van der Waals surface area contributed by atoms with Crippen molar-refractivity contribution in [2.75, 3.05) is 0 Å². The van der Waals surface area contributed by atoms with E-state index in [4.69, 9.17) is 0 Å². The third-order valence-electron chi connectivity index (χ3n) is 4.78. The van der Waals surface area contributed by atoms with Crippen LogP contribution in [0.2, 0.25) is 0 Å². The Balaban J connectivity index is 2.22. The van der Waals surface area contributed by atoms with E-state index in [2.05, 4.69) is 110 Å². The molecule has 0 amide bonds. The van der Waals surface area contributed by atoms with Gasteiger partial charge in [0.05, 0.1) is 0 Å². The van der Waals surface area contributed by atoms with E-state index in [1.165, 1.54) is 28.4 Å². The lowest BCUT2D eigenvalue weighted by atomic mass is 10.2. The van der Waals surface area contributed by atoms with Crippen molar-refractivity contribution in [1.82, 2.24) is 0 Å². The Hall–Kier alpha value is -2.38. The van der Waals surface area contributed by atoms with Crippen molar-refractivity contribution in [3.8, 4) is 0 Å². The zero-order valence-electron chi connectivity index (χ0n) is 14.9. The average Bonchev–Trinajstić information content (AvgIpc) is 2.70. The van der Waals surface area contributed by atoms with Gasteiger partial charge in [0.15, 0.2) is 8.07 Å². The highest BCUT2D eigenvalue weighted by molar-refractivity contribution is 7.14. The molecule has 0 bridgehead atoms. The summed E-state index contributed by atoms with van der Waals surface area (Å²) in [5.41, 5.74) is 2.54. The number of allylic oxidation sites excluding steroid dienone is 1. The van der Waals surface area contributed by atoms with E-state index >= 15 is 0 Å². The van der Waals surface area contributed by atoms with Crippen molar-refractivity contribution in [3.63, 3.8) is 0 Å². The summed E-state index contributed by atoms with van der Waals surface area (Å²) in [6.07, 6.45) is 6.06. The Morgan fingerprint density at radius 1 is 0.640 bits per heavy atom. The summed E-state index contributed by atoms with van der Waals surface area (Å²) in [5.74, 6) is 0. The lowest BCUT2D eigenvalue weighted by molar-refractivity contribution is 0.815. The summed E-state index contributed by atoms with van der Waals surface area (Å²) < 4.78 is 0. The van der Waals surface area contributed by atoms with Gasteiger partial charge in [0.25, 0.3) is 0 Å². The molecule has 3 aromatic rings. The number of hydrogen-bond acceptors (Lipinski definition) is 0. The molecule has 3 rings (SSSR count). The van der Waals surface area contributed by atoms with Gasteiger partial charge in [-0.3, -0.25) is 0 Å². The fourth-order valence-electron chi connectivity index (χ4n) is 3.47. The Labute approximate surface area is 152 Å². The smallest absolute Gasteiger partial charge is 0.0914 e. The van der Waals surface area contributed by atoms with Crippen LogP contribution in [0.5, 0.6) is 0 Å². The third-order valence-corrected chi connectivity index (χ3v) is 9.25. The van der Waals surface area contributed by atoms with E-state index in [-0.39, 0.29) is 0 Å². The summed E-state index contributed by atoms with van der Waals surface area (Å²) in [4.78, 5) is 0. The van der Waals surface area contributed by atoms with Gasteiger partial charge in [0, 0.05) is 0 Å². The fraction of sp³-hybridized carbons (Fsp3) is 0.167. The Morgan fingerprint density at radius 3 is 1.40 bits per heavy atom. The van der Waals surface area contributed by atoms with Gasteiger partial charge in [-0.25, -0.2) is 0 Å². The molecule has 0 N–H and O–H groups in total. The monoisotopic (exact) mass is 342 g/mol. The highest BCUT2D eigenvalue weighted by Gasteiger charge is 2.36. The Bertz CT molecular complexity index is 679. The largest absolute Gasteiger partial charge is 0.172 e. The van der Waals surface area contributed by atoms with Gasteiger partial charge in [-0.1, -0.05) is 123 Å². The van der Waals surface area contributed by atoms with Gasteiger partial charge in [0.1, 0.15) is 0 Å². The van der Waals surface area contributed by atoms with E-state index < -0.39 is 8.07 Å². The predicted octanol–water partition coefficient (Wildman–Crippen LogP) is 4.44. The topological polar surface area (TPSA) is 0 Å². The zero-order chi connectivity index (χ0) is 17.4. The van der Waals surface area contributed by atoms with Crippen LogP contribution in [-0.2, 0) is 0 Å². The molecule has 0 spiro atoms. The highest BCUT2D eigenvalue weighted by Crippen LogP contribution is 2.11. The van der Waals surface area contributed by atoms with Crippen molar-refractivity contribution >= 4 is 23.6 Å². The molecule has 126 valence electrons. The average molecular weight is 343 g/mol. The van der Waals surface area contributed by atoms with E-state index in [9.17, 15) is 0 Å². The van der Waals surface area contributed by atoms with Crippen LogP contribution in [0.25, 0.3) is 0 Å². The van der Waals surface area contributed by atoms with Gasteiger partial charge < -0.3 is 0 Å². The molecule has 0 aliphatic carbocycles. The van der Waals surface area contributed by atoms with Crippen molar-refractivity contribution in [3.05, 3.63) is 103 Å². The van der Waals surface area contributed by atoms with Gasteiger partial charge in [-0.05, 0) is 22.0 Å². The van der Waals surface area contributed by atoms with E-state index in [0.717, 1.165) is 6.42 Å². The first-order valence-electron chi connectivity index (χ1n) is 9.22. The van der Waals surface area contributed by atoms with Gasteiger partial charge >= 0.3 is 0 Å². The van der Waals surface area contributed by atoms with Gasteiger partial charge in [-0.2, -0.15) is 0 Å². The lowest BCUT2D eigenvalue weighted by Gasteiger charge is -2.30. The minimum Gasteiger partial charge on any atom is -0.0914 e. The number of benzene rings is 3. The molecule has 0 atom stereocenters. The molecule has 0 heterocycles. The molecule has 3 aromatic carbocycles. The molecule has 0 unspecified atom stereocenters. The van der Waals surface area contributed by atoms with Crippen LogP contribution in [-0.4, -0.2) is 8.07 Å². The minimum absolute atomic E-state index is 1.15. The molecule has 0 aromatic heterocycles. The van der Waals surface area contributed by atoms with Crippen LogP contribution >= 0.6 is 0 Å². The summed E-state index contributed by atoms with van der Waals surface area (Å²) in [6, 6.07) is 33.2. The number of unbranched alkanes of at least 4 members (excludes halogenated alkanes) is 2. The van der Waals surface area contributed by atoms with Crippen molar-refractivity contribution in [1.29, 1.82) is 0 Å². The van der Waals surface area contributed by atoms with E-state index in [0.29, 0.717) is 0 Å². The van der Waals surface area contributed by atoms with Crippen LogP contribution in [0.15, 0.2) is 103 Å². The molecule has 1 heteroatoms. The van der Waals surface area contributed by atoms with Gasteiger partial charge in [0.2, 0.25) is 0 Å². The first-order valence-corrected chi connectivity index (χ1v) is 11.3. The van der Waals surface area contributed by atoms with E-state index in [1.807, 2.05) is 0 Å².